The highest BCUT2D eigenvalue weighted by Crippen LogP contribution is 2.31. The topological polar surface area (TPSA) is 125 Å². The number of likely N-dealkylation sites (tertiary alicyclic amines) is 1. The number of halogens is 3. The van der Waals surface area contributed by atoms with Crippen LogP contribution in [0.3, 0.4) is 0 Å². The number of ether oxygens (including phenoxy) is 1. The lowest BCUT2D eigenvalue weighted by Crippen LogP contribution is -2.46. The quantitative estimate of drug-likeness (QED) is 0.496. The van der Waals surface area contributed by atoms with Crippen molar-refractivity contribution in [3.8, 4) is 0 Å². The molecular weight excluding hydrogens is 503 g/mol. The number of dihydropyridines is 1. The number of rotatable bonds is 5. The monoisotopic (exact) mass is 537 g/mol. The third kappa shape index (κ3) is 6.67. The number of alkyl halides is 3. The minimum Gasteiger partial charge on any atom is -0.444 e. The lowest BCUT2D eigenvalue weighted by atomic mass is 9.98. The number of carbonyl (C=O) groups excluding carboxylic acids is 2. The Morgan fingerprint density at radius 2 is 2.00 bits per heavy atom. The zero-order chi connectivity index (χ0) is 27.7. The van der Waals surface area contributed by atoms with E-state index in [1.54, 1.807) is 22.1 Å². The third-order valence-electron chi connectivity index (χ3n) is 6.52. The first-order valence-corrected chi connectivity index (χ1v) is 12.7. The number of nitrogens with two attached hydrogens (primary N) is 1. The van der Waals surface area contributed by atoms with Crippen LogP contribution in [-0.2, 0) is 9.53 Å². The molecule has 0 aromatic heterocycles. The number of carbonyl (C=O) groups is 2. The minimum atomic E-state index is -4.58. The maximum Gasteiger partial charge on any atom is 0.419 e. The Bertz CT molecular complexity index is 1120. The summed E-state index contributed by atoms with van der Waals surface area (Å²) in [6.07, 6.45) is 2.21. The molecule has 0 aromatic rings. The van der Waals surface area contributed by atoms with E-state index < -0.39 is 29.3 Å². The molecule has 0 radical (unpaired) electrons. The number of piperidine rings is 1. The number of nitrogens with one attached hydrogen (secondary N) is 2. The number of hydrazone groups is 1. The Morgan fingerprint density at radius 3 is 2.71 bits per heavy atom. The Labute approximate surface area is 219 Å². The van der Waals surface area contributed by atoms with Crippen molar-refractivity contribution in [3.05, 3.63) is 35.2 Å². The van der Waals surface area contributed by atoms with Crippen LogP contribution in [0.2, 0.25) is 0 Å². The van der Waals surface area contributed by atoms with Gasteiger partial charge in [-0.2, -0.15) is 18.3 Å². The summed E-state index contributed by atoms with van der Waals surface area (Å²) < 4.78 is 45.3. The van der Waals surface area contributed by atoms with Gasteiger partial charge in [0.05, 0.1) is 17.8 Å². The number of nitrogens with zero attached hydrogens (tertiary/aromatic N) is 4. The van der Waals surface area contributed by atoms with Gasteiger partial charge in [0.15, 0.2) is 0 Å². The van der Waals surface area contributed by atoms with Crippen LogP contribution in [0.5, 0.6) is 0 Å². The fourth-order valence-corrected chi connectivity index (χ4v) is 4.72. The zero-order valence-corrected chi connectivity index (χ0v) is 21.8. The van der Waals surface area contributed by atoms with Gasteiger partial charge >= 0.3 is 12.3 Å². The van der Waals surface area contributed by atoms with Gasteiger partial charge in [-0.1, -0.05) is 0 Å². The van der Waals surface area contributed by atoms with Gasteiger partial charge in [0.25, 0.3) is 0 Å². The number of hydrogen-bond donors (Lipinski definition) is 3. The maximum absolute atomic E-state index is 13.3. The summed E-state index contributed by atoms with van der Waals surface area (Å²) in [4.78, 5) is 31.5. The van der Waals surface area contributed by atoms with E-state index in [1.165, 1.54) is 0 Å². The van der Waals surface area contributed by atoms with E-state index in [-0.39, 0.29) is 37.6 Å². The fraction of sp³-hybridized carbons (Fsp3) is 0.600. The second-order valence-electron chi connectivity index (χ2n) is 10.7. The fourth-order valence-electron chi connectivity index (χ4n) is 4.72. The maximum atomic E-state index is 13.3. The van der Waals surface area contributed by atoms with Crippen LogP contribution in [0.25, 0.3) is 0 Å². The normalized spacial score (nSPS) is 23.8. The van der Waals surface area contributed by atoms with Crippen molar-refractivity contribution in [3.63, 3.8) is 0 Å². The highest BCUT2D eigenvalue weighted by Gasteiger charge is 2.37. The van der Waals surface area contributed by atoms with Gasteiger partial charge in [0, 0.05) is 25.6 Å². The number of amidine groups is 1. The van der Waals surface area contributed by atoms with E-state index in [4.69, 9.17) is 10.5 Å². The van der Waals surface area contributed by atoms with E-state index >= 15 is 0 Å². The van der Waals surface area contributed by atoms with Crippen LogP contribution in [0, 0.1) is 0 Å². The van der Waals surface area contributed by atoms with Crippen LogP contribution in [-0.4, -0.2) is 77.1 Å². The van der Waals surface area contributed by atoms with Crippen molar-refractivity contribution in [1.82, 2.24) is 20.5 Å². The molecule has 1 unspecified atom stereocenters. The molecule has 10 nitrogen and oxygen atoms in total. The van der Waals surface area contributed by atoms with Gasteiger partial charge in [0.2, 0.25) is 5.91 Å². The molecule has 38 heavy (non-hydrogen) atoms. The van der Waals surface area contributed by atoms with E-state index in [0.717, 1.165) is 25.3 Å². The second-order valence-corrected chi connectivity index (χ2v) is 10.7. The van der Waals surface area contributed by atoms with Crippen molar-refractivity contribution in [2.45, 2.75) is 76.9 Å². The Morgan fingerprint density at radius 1 is 1.24 bits per heavy atom. The summed E-state index contributed by atoms with van der Waals surface area (Å²) in [7, 11) is 0. The molecule has 4 heterocycles. The van der Waals surface area contributed by atoms with Gasteiger partial charge < -0.3 is 26.0 Å². The molecule has 0 saturated carbocycles. The first-order valence-electron chi connectivity index (χ1n) is 12.7. The summed E-state index contributed by atoms with van der Waals surface area (Å²) in [6, 6.07) is -0.0669. The highest BCUT2D eigenvalue weighted by molar-refractivity contribution is 6.15. The van der Waals surface area contributed by atoms with Crippen molar-refractivity contribution in [1.29, 1.82) is 0 Å². The molecule has 4 rings (SSSR count). The van der Waals surface area contributed by atoms with Gasteiger partial charge in [-0.3, -0.25) is 4.79 Å². The standard InChI is InChI=1S/C25H34F3N7O3/c1-24(2,3)38-23(37)34-11-5-4-6-16(34)7-10-21(36)32-19-14-35-20(31-19)9-8-18(33-35)15-12-17(25(26,27)28)22(29)30-13-15/h8-9,12,16,19,30H,4-7,10-11,13-14,29H2,1-3H3,(H,32,36)/t16?,19-/m0/s1. The largest absolute Gasteiger partial charge is 0.444 e. The molecule has 1 fully saturated rings. The molecule has 13 heteroatoms. The van der Waals surface area contributed by atoms with Crippen LogP contribution in [0.4, 0.5) is 18.0 Å². The van der Waals surface area contributed by atoms with E-state index in [2.05, 4.69) is 20.7 Å². The zero-order valence-electron chi connectivity index (χ0n) is 21.8. The minimum absolute atomic E-state index is 0.0669. The number of allylic oxidation sites excluding steroid dienone is 3. The molecule has 2 atom stereocenters. The molecule has 0 aromatic carbocycles. The average molecular weight is 538 g/mol. The number of hydrogen-bond acceptors (Lipinski definition) is 8. The molecule has 1 saturated heterocycles. The van der Waals surface area contributed by atoms with Crippen LogP contribution < -0.4 is 16.4 Å². The summed E-state index contributed by atoms with van der Waals surface area (Å²) in [6.45, 7) is 6.45. The van der Waals surface area contributed by atoms with Crippen molar-refractivity contribution < 1.29 is 27.5 Å². The summed E-state index contributed by atoms with van der Waals surface area (Å²) in [5, 5.41) is 11.4. The Kier molecular flexibility index (Phi) is 7.75. The summed E-state index contributed by atoms with van der Waals surface area (Å²) >= 11 is 0. The van der Waals surface area contributed by atoms with E-state index in [0.29, 0.717) is 30.1 Å². The third-order valence-corrected chi connectivity index (χ3v) is 6.52. The van der Waals surface area contributed by atoms with Crippen LogP contribution >= 0.6 is 0 Å². The van der Waals surface area contributed by atoms with Crippen LogP contribution in [0.1, 0.15) is 52.9 Å². The SMILES string of the molecule is CC(C)(C)OC(=O)N1CCCCC1CCC(=O)N[C@H]1CN2N=C(C3=CC(C(F)(F)F)=C(N)NC3)C=CC2=N1. The van der Waals surface area contributed by atoms with Crippen LogP contribution in [0.15, 0.2) is 45.3 Å². The first-order chi connectivity index (χ1) is 17.8. The molecular formula is C25H34F3N7O3. The van der Waals surface area contributed by atoms with Gasteiger partial charge in [0.1, 0.15) is 23.4 Å². The summed E-state index contributed by atoms with van der Waals surface area (Å²) in [5.74, 6) is -0.107. The predicted molar refractivity (Wildman–Crippen MR) is 136 cm³/mol. The number of fused-ring (bicyclic) bond motifs is 1. The molecule has 4 aliphatic rings. The van der Waals surface area contributed by atoms with Crippen molar-refractivity contribution in [2.75, 3.05) is 19.6 Å². The first kappa shape index (κ1) is 27.5. The molecule has 2 amide bonds. The number of amides is 2. The molecule has 4 aliphatic heterocycles. The summed E-state index contributed by atoms with van der Waals surface area (Å²) in [5.41, 5.74) is 4.65. The highest BCUT2D eigenvalue weighted by atomic mass is 19.4. The molecule has 4 N–H and O–H groups in total. The Balaban J connectivity index is 1.31. The van der Waals surface area contributed by atoms with Gasteiger partial charge in [-0.15, -0.1) is 0 Å². The second kappa shape index (κ2) is 10.7. The lowest BCUT2D eigenvalue weighted by molar-refractivity contribution is -0.122. The van der Waals surface area contributed by atoms with E-state index in [9.17, 15) is 22.8 Å². The van der Waals surface area contributed by atoms with Gasteiger partial charge in [-0.25, -0.2) is 14.8 Å². The van der Waals surface area contributed by atoms with E-state index in [1.807, 2.05) is 20.8 Å². The predicted octanol–water partition coefficient (Wildman–Crippen LogP) is 2.90. The Hall–Kier alpha value is -3.51. The van der Waals surface area contributed by atoms with Crippen molar-refractivity contribution in [2.24, 2.45) is 15.8 Å². The van der Waals surface area contributed by atoms with Crippen molar-refractivity contribution >= 4 is 23.5 Å². The molecule has 0 bridgehead atoms. The molecule has 0 spiro atoms. The molecule has 208 valence electrons. The number of aliphatic imine (C=N–C) groups is 1. The van der Waals surface area contributed by atoms with Gasteiger partial charge in [-0.05, 0) is 70.3 Å². The molecule has 0 aliphatic carbocycles. The lowest BCUT2D eigenvalue weighted by Gasteiger charge is -2.36. The average Bonchev–Trinajstić information content (AvgIpc) is 3.22. The smallest absolute Gasteiger partial charge is 0.419 e.